The maximum atomic E-state index is 12.3. The average Bonchev–Trinajstić information content (AvgIpc) is 2.66. The van der Waals surface area contributed by atoms with E-state index in [1.807, 2.05) is 32.9 Å². The van der Waals surface area contributed by atoms with Crippen molar-refractivity contribution in [2.45, 2.75) is 52.7 Å². The average molecular weight is 385 g/mol. The lowest BCUT2D eigenvalue weighted by Crippen LogP contribution is -2.34. The van der Waals surface area contributed by atoms with Gasteiger partial charge in [-0.05, 0) is 44.0 Å². The van der Waals surface area contributed by atoms with Crippen molar-refractivity contribution < 1.29 is 9.59 Å². The Morgan fingerprint density at radius 2 is 1.82 bits per heavy atom. The molecule has 0 aliphatic carbocycles. The van der Waals surface area contributed by atoms with Crippen LogP contribution in [-0.2, 0) is 13.1 Å². The number of aryl methyl sites for hydroxylation is 1. The minimum Gasteiger partial charge on any atom is -0.347 e. The van der Waals surface area contributed by atoms with Gasteiger partial charge < -0.3 is 16.0 Å². The summed E-state index contributed by atoms with van der Waals surface area (Å²) >= 11 is 0. The van der Waals surface area contributed by atoms with Crippen LogP contribution in [0.2, 0.25) is 0 Å². The van der Waals surface area contributed by atoms with Crippen LogP contribution in [0, 0.1) is 0 Å². The fraction of sp³-hybridized carbons (Fsp3) is 0.400. The van der Waals surface area contributed by atoms with Crippen molar-refractivity contribution in [3.8, 4) is 0 Å². The molecule has 0 atom stereocenters. The van der Waals surface area contributed by atoms with Gasteiger partial charge in [-0.25, -0.2) is 9.48 Å². The van der Waals surface area contributed by atoms with Crippen molar-refractivity contribution in [1.82, 2.24) is 20.4 Å². The van der Waals surface area contributed by atoms with Gasteiger partial charge in [0.05, 0.1) is 0 Å². The summed E-state index contributed by atoms with van der Waals surface area (Å²) in [6, 6.07) is 9.76. The van der Waals surface area contributed by atoms with Crippen LogP contribution in [0.4, 0.5) is 10.5 Å². The Morgan fingerprint density at radius 3 is 2.46 bits per heavy atom. The van der Waals surface area contributed by atoms with E-state index in [1.165, 1.54) is 16.8 Å². The molecule has 0 saturated carbocycles. The summed E-state index contributed by atoms with van der Waals surface area (Å²) in [5.74, 6) is -0.344. The molecule has 0 radical (unpaired) electrons. The van der Waals surface area contributed by atoms with Crippen LogP contribution in [0.25, 0.3) is 0 Å². The molecule has 0 bridgehead atoms. The van der Waals surface area contributed by atoms with Crippen LogP contribution in [0.1, 0.15) is 49.7 Å². The molecule has 8 heteroatoms. The number of unbranched alkanes of at least 4 members (excludes halogenated alkanes) is 1. The molecule has 2 aromatic rings. The molecule has 0 saturated heterocycles. The van der Waals surface area contributed by atoms with E-state index in [2.05, 4.69) is 21.0 Å². The van der Waals surface area contributed by atoms with Crippen molar-refractivity contribution in [1.29, 1.82) is 0 Å². The van der Waals surface area contributed by atoms with E-state index in [0.29, 0.717) is 18.8 Å². The number of urea groups is 1. The second-order valence-corrected chi connectivity index (χ2v) is 6.77. The standard InChI is InChI=1S/C20H27N5O3/c1-4-5-12-25-18(26)11-10-17(24-25)19(27)21-13-15-6-8-16(9-7-15)23-20(28)22-14(2)3/h6-11,14H,4-5,12-13H2,1-3H3,(H,21,27)(H2,22,23,28). The zero-order valence-corrected chi connectivity index (χ0v) is 16.5. The third kappa shape index (κ3) is 6.53. The van der Waals surface area contributed by atoms with E-state index in [1.54, 1.807) is 12.1 Å². The number of carbonyl (C=O) groups excluding carboxylic acids is 2. The molecule has 0 spiro atoms. The third-order valence-corrected chi connectivity index (χ3v) is 3.91. The summed E-state index contributed by atoms with van der Waals surface area (Å²) in [4.78, 5) is 35.8. The summed E-state index contributed by atoms with van der Waals surface area (Å²) in [6.07, 6.45) is 1.77. The Kier molecular flexibility index (Phi) is 7.74. The van der Waals surface area contributed by atoms with Crippen LogP contribution in [0.15, 0.2) is 41.2 Å². The number of hydrogen-bond acceptors (Lipinski definition) is 4. The first-order valence-electron chi connectivity index (χ1n) is 9.42. The van der Waals surface area contributed by atoms with E-state index in [-0.39, 0.29) is 29.2 Å². The number of aromatic nitrogens is 2. The Hall–Kier alpha value is -3.16. The molecule has 28 heavy (non-hydrogen) atoms. The van der Waals surface area contributed by atoms with Gasteiger partial charge in [0, 0.05) is 30.9 Å². The van der Waals surface area contributed by atoms with Crippen molar-refractivity contribution in [2.24, 2.45) is 0 Å². The summed E-state index contributed by atoms with van der Waals surface area (Å²) in [7, 11) is 0. The lowest BCUT2D eigenvalue weighted by atomic mass is 10.2. The molecule has 0 fully saturated rings. The first-order chi connectivity index (χ1) is 13.4. The number of nitrogens with one attached hydrogen (secondary N) is 3. The number of rotatable bonds is 8. The fourth-order valence-electron chi connectivity index (χ4n) is 2.45. The topological polar surface area (TPSA) is 105 Å². The molecule has 1 heterocycles. The van der Waals surface area contributed by atoms with Crippen molar-refractivity contribution in [3.05, 3.63) is 58.0 Å². The van der Waals surface area contributed by atoms with Crippen molar-refractivity contribution >= 4 is 17.6 Å². The van der Waals surface area contributed by atoms with E-state index in [9.17, 15) is 14.4 Å². The zero-order valence-electron chi connectivity index (χ0n) is 16.5. The van der Waals surface area contributed by atoms with E-state index in [0.717, 1.165) is 18.4 Å². The molecule has 0 aliphatic heterocycles. The second-order valence-electron chi connectivity index (χ2n) is 6.77. The second kappa shape index (κ2) is 10.2. The molecular formula is C20H27N5O3. The maximum absolute atomic E-state index is 12.3. The molecule has 1 aromatic carbocycles. The van der Waals surface area contributed by atoms with Crippen LogP contribution in [-0.4, -0.2) is 27.8 Å². The predicted molar refractivity (Wildman–Crippen MR) is 108 cm³/mol. The molecule has 2 rings (SSSR count). The Bertz CT molecular complexity index is 859. The quantitative estimate of drug-likeness (QED) is 0.649. The van der Waals surface area contributed by atoms with E-state index < -0.39 is 0 Å². The van der Waals surface area contributed by atoms with Gasteiger partial charge in [-0.2, -0.15) is 5.10 Å². The highest BCUT2D eigenvalue weighted by molar-refractivity contribution is 5.92. The zero-order chi connectivity index (χ0) is 20.5. The van der Waals surface area contributed by atoms with Crippen LogP contribution >= 0.6 is 0 Å². The van der Waals surface area contributed by atoms with Gasteiger partial charge >= 0.3 is 6.03 Å². The smallest absolute Gasteiger partial charge is 0.319 e. The third-order valence-electron chi connectivity index (χ3n) is 3.91. The molecular weight excluding hydrogens is 358 g/mol. The first-order valence-corrected chi connectivity index (χ1v) is 9.42. The number of nitrogens with zero attached hydrogens (tertiary/aromatic N) is 2. The Labute approximate surface area is 164 Å². The maximum Gasteiger partial charge on any atom is 0.319 e. The Balaban J connectivity index is 1.92. The number of anilines is 1. The summed E-state index contributed by atoms with van der Waals surface area (Å²) in [5, 5.41) is 12.4. The predicted octanol–water partition coefficient (Wildman–Crippen LogP) is 2.50. The lowest BCUT2D eigenvalue weighted by Gasteiger charge is -2.11. The van der Waals surface area contributed by atoms with Gasteiger partial charge in [0.15, 0.2) is 0 Å². The number of amides is 3. The summed E-state index contributed by atoms with van der Waals surface area (Å²) in [5.41, 5.74) is 1.54. The van der Waals surface area contributed by atoms with Gasteiger partial charge in [0.25, 0.3) is 11.5 Å². The molecule has 3 N–H and O–H groups in total. The van der Waals surface area contributed by atoms with Crippen LogP contribution in [0.5, 0.6) is 0 Å². The van der Waals surface area contributed by atoms with Crippen LogP contribution < -0.4 is 21.5 Å². The van der Waals surface area contributed by atoms with E-state index >= 15 is 0 Å². The van der Waals surface area contributed by atoms with Gasteiger partial charge in [-0.15, -0.1) is 0 Å². The minimum absolute atomic E-state index is 0.0550. The van der Waals surface area contributed by atoms with Gasteiger partial charge in [-0.3, -0.25) is 9.59 Å². The molecule has 150 valence electrons. The fourth-order valence-corrected chi connectivity index (χ4v) is 2.45. The van der Waals surface area contributed by atoms with Gasteiger partial charge in [0.2, 0.25) is 0 Å². The number of carbonyl (C=O) groups is 2. The van der Waals surface area contributed by atoms with E-state index in [4.69, 9.17) is 0 Å². The van der Waals surface area contributed by atoms with Crippen LogP contribution in [0.3, 0.4) is 0 Å². The number of hydrogen-bond donors (Lipinski definition) is 3. The van der Waals surface area contributed by atoms with Gasteiger partial charge in [-0.1, -0.05) is 25.5 Å². The van der Waals surface area contributed by atoms with Crippen molar-refractivity contribution in [3.63, 3.8) is 0 Å². The minimum atomic E-state index is -0.344. The SMILES string of the molecule is CCCCn1nc(C(=O)NCc2ccc(NC(=O)NC(C)C)cc2)ccc1=O. The molecule has 8 nitrogen and oxygen atoms in total. The normalized spacial score (nSPS) is 10.6. The number of benzene rings is 1. The Morgan fingerprint density at radius 1 is 1.11 bits per heavy atom. The molecule has 0 unspecified atom stereocenters. The highest BCUT2D eigenvalue weighted by Gasteiger charge is 2.10. The highest BCUT2D eigenvalue weighted by atomic mass is 16.2. The van der Waals surface area contributed by atoms with Crippen molar-refractivity contribution in [2.75, 3.05) is 5.32 Å². The monoisotopic (exact) mass is 385 g/mol. The summed E-state index contributed by atoms with van der Waals surface area (Å²) < 4.78 is 1.32. The first kappa shape index (κ1) is 21.1. The molecule has 3 amide bonds. The van der Waals surface area contributed by atoms with Gasteiger partial charge in [0.1, 0.15) is 5.69 Å². The lowest BCUT2D eigenvalue weighted by molar-refractivity contribution is 0.0943. The molecule has 1 aromatic heterocycles. The molecule has 0 aliphatic rings. The largest absolute Gasteiger partial charge is 0.347 e. The summed E-state index contributed by atoms with van der Waals surface area (Å²) in [6.45, 7) is 6.60. The highest BCUT2D eigenvalue weighted by Crippen LogP contribution is 2.09.